The number of hydrogen-bond acceptors (Lipinski definition) is 7. The van der Waals surface area contributed by atoms with Crippen molar-refractivity contribution in [2.45, 2.75) is 25.0 Å². The fraction of sp³-hybridized carbons (Fsp3) is 0.500. The molecule has 0 atom stereocenters. The SMILES string of the molecule is CC1CCN(C(=O)CS(=O)(=O)c2nnc(-c3ccc(Cl)s3)o2)CC1. The Bertz CT molecular complexity index is 838. The van der Waals surface area contributed by atoms with Crippen LogP contribution in [0.1, 0.15) is 19.8 Å². The molecule has 1 aliphatic rings. The lowest BCUT2D eigenvalue weighted by molar-refractivity contribution is -0.129. The van der Waals surface area contributed by atoms with Crippen molar-refractivity contribution in [3.63, 3.8) is 0 Å². The molecule has 7 nitrogen and oxygen atoms in total. The third-order valence-electron chi connectivity index (χ3n) is 3.91. The van der Waals surface area contributed by atoms with Crippen molar-refractivity contribution in [2.75, 3.05) is 18.8 Å². The van der Waals surface area contributed by atoms with E-state index >= 15 is 0 Å². The number of thiophene rings is 1. The highest BCUT2D eigenvalue weighted by Gasteiger charge is 2.30. The molecule has 0 unspecified atom stereocenters. The van der Waals surface area contributed by atoms with Crippen molar-refractivity contribution in [1.82, 2.24) is 15.1 Å². The van der Waals surface area contributed by atoms with Gasteiger partial charge in [-0.1, -0.05) is 23.6 Å². The number of likely N-dealkylation sites (tertiary alicyclic amines) is 1. The molecule has 3 rings (SSSR count). The number of aromatic nitrogens is 2. The van der Waals surface area contributed by atoms with Crippen LogP contribution in [0.25, 0.3) is 10.8 Å². The van der Waals surface area contributed by atoms with Gasteiger partial charge in [0.05, 0.1) is 9.21 Å². The Balaban J connectivity index is 1.71. The van der Waals surface area contributed by atoms with Gasteiger partial charge in [-0.15, -0.1) is 16.4 Å². The summed E-state index contributed by atoms with van der Waals surface area (Å²) in [6, 6.07) is 3.32. The summed E-state index contributed by atoms with van der Waals surface area (Å²) in [7, 11) is -3.96. The molecule has 3 heterocycles. The third kappa shape index (κ3) is 3.79. The Hall–Kier alpha value is -1.45. The molecule has 1 aliphatic heterocycles. The number of halogens is 1. The summed E-state index contributed by atoms with van der Waals surface area (Å²) in [5.74, 6) is -0.457. The summed E-state index contributed by atoms with van der Waals surface area (Å²) in [5, 5.41) is 6.76. The van der Waals surface area contributed by atoms with E-state index in [2.05, 4.69) is 17.1 Å². The standard InChI is InChI=1S/C14H16ClN3O4S2/c1-9-4-6-18(7-5-9)12(19)8-24(20,21)14-17-16-13(22-14)10-2-3-11(15)23-10/h2-3,9H,4-8H2,1H3. The monoisotopic (exact) mass is 389 g/mol. The van der Waals surface area contributed by atoms with Crippen LogP contribution in [-0.4, -0.2) is 48.3 Å². The van der Waals surface area contributed by atoms with Crippen molar-refractivity contribution in [3.8, 4) is 10.8 Å². The average Bonchev–Trinajstić information content (AvgIpc) is 3.16. The van der Waals surface area contributed by atoms with Gasteiger partial charge in [-0.3, -0.25) is 4.79 Å². The van der Waals surface area contributed by atoms with E-state index in [4.69, 9.17) is 16.0 Å². The first-order valence-electron chi connectivity index (χ1n) is 7.45. The molecule has 2 aromatic rings. The number of sulfone groups is 1. The fourth-order valence-corrected chi connectivity index (χ4v) is 4.40. The van der Waals surface area contributed by atoms with E-state index in [1.165, 1.54) is 11.3 Å². The second-order valence-corrected chi connectivity index (χ2v) is 9.38. The minimum atomic E-state index is -3.96. The van der Waals surface area contributed by atoms with E-state index in [-0.39, 0.29) is 5.89 Å². The molecule has 0 N–H and O–H groups in total. The zero-order valence-corrected chi connectivity index (χ0v) is 15.3. The van der Waals surface area contributed by atoms with Gasteiger partial charge in [-0.2, -0.15) is 0 Å². The largest absolute Gasteiger partial charge is 0.407 e. The predicted octanol–water partition coefficient (Wildman–Crippen LogP) is 2.48. The van der Waals surface area contributed by atoms with Crippen molar-refractivity contribution in [2.24, 2.45) is 5.92 Å². The van der Waals surface area contributed by atoms with Gasteiger partial charge >= 0.3 is 5.22 Å². The molecule has 0 bridgehead atoms. The molecule has 0 saturated carbocycles. The van der Waals surface area contributed by atoms with Crippen LogP contribution in [-0.2, 0) is 14.6 Å². The van der Waals surface area contributed by atoms with Crippen LogP contribution in [0.3, 0.4) is 0 Å². The fourth-order valence-electron chi connectivity index (χ4n) is 2.44. The van der Waals surface area contributed by atoms with E-state index in [1.807, 2.05) is 0 Å². The number of carbonyl (C=O) groups excluding carboxylic acids is 1. The second kappa shape index (κ2) is 6.81. The molecule has 0 radical (unpaired) electrons. The minimum Gasteiger partial charge on any atom is -0.407 e. The van der Waals surface area contributed by atoms with Crippen LogP contribution >= 0.6 is 22.9 Å². The van der Waals surface area contributed by atoms with Gasteiger partial charge in [0.2, 0.25) is 15.7 Å². The Morgan fingerprint density at radius 3 is 2.71 bits per heavy atom. The molecule has 24 heavy (non-hydrogen) atoms. The topological polar surface area (TPSA) is 93.4 Å². The van der Waals surface area contributed by atoms with E-state index in [1.54, 1.807) is 17.0 Å². The predicted molar refractivity (Wildman–Crippen MR) is 89.7 cm³/mol. The Labute approximate surface area is 148 Å². The van der Waals surface area contributed by atoms with Gasteiger partial charge in [0.15, 0.2) is 0 Å². The Morgan fingerprint density at radius 1 is 1.38 bits per heavy atom. The smallest absolute Gasteiger partial charge is 0.336 e. The van der Waals surface area contributed by atoms with Gasteiger partial charge in [0.25, 0.3) is 5.89 Å². The van der Waals surface area contributed by atoms with Gasteiger partial charge < -0.3 is 9.32 Å². The van der Waals surface area contributed by atoms with Gasteiger partial charge in [-0.25, -0.2) is 8.42 Å². The maximum absolute atomic E-state index is 12.3. The molecule has 2 aromatic heterocycles. The molecule has 10 heteroatoms. The first kappa shape index (κ1) is 17.4. The van der Waals surface area contributed by atoms with Gasteiger partial charge in [-0.05, 0) is 30.9 Å². The average molecular weight is 390 g/mol. The third-order valence-corrected chi connectivity index (χ3v) is 6.45. The van der Waals surface area contributed by atoms with Crippen LogP contribution in [0.2, 0.25) is 4.34 Å². The maximum atomic E-state index is 12.3. The van der Waals surface area contributed by atoms with Crippen LogP contribution in [0, 0.1) is 5.92 Å². The van der Waals surface area contributed by atoms with E-state index in [9.17, 15) is 13.2 Å². The Morgan fingerprint density at radius 2 is 2.08 bits per heavy atom. The molecule has 130 valence electrons. The molecule has 0 spiro atoms. The molecule has 0 aromatic carbocycles. The van der Waals surface area contributed by atoms with E-state index < -0.39 is 26.7 Å². The highest BCUT2D eigenvalue weighted by Crippen LogP contribution is 2.30. The highest BCUT2D eigenvalue weighted by molar-refractivity contribution is 7.91. The second-order valence-electron chi connectivity index (χ2n) is 5.80. The van der Waals surface area contributed by atoms with E-state index in [0.29, 0.717) is 28.2 Å². The summed E-state index contributed by atoms with van der Waals surface area (Å²) in [5.41, 5.74) is 0. The molecule has 1 amide bonds. The number of carbonyl (C=O) groups is 1. The molecule has 1 saturated heterocycles. The van der Waals surface area contributed by atoms with Crippen LogP contribution < -0.4 is 0 Å². The van der Waals surface area contributed by atoms with Gasteiger partial charge in [0, 0.05) is 13.1 Å². The van der Waals surface area contributed by atoms with Crippen molar-refractivity contribution in [3.05, 3.63) is 16.5 Å². The van der Waals surface area contributed by atoms with Crippen molar-refractivity contribution >= 4 is 38.7 Å². The maximum Gasteiger partial charge on any atom is 0.336 e. The van der Waals surface area contributed by atoms with Crippen LogP contribution in [0.5, 0.6) is 0 Å². The Kier molecular flexibility index (Phi) is 4.93. The number of nitrogens with zero attached hydrogens (tertiary/aromatic N) is 3. The first-order chi connectivity index (χ1) is 11.3. The summed E-state index contributed by atoms with van der Waals surface area (Å²) < 4.78 is 30.4. The lowest BCUT2D eigenvalue weighted by Gasteiger charge is -2.30. The van der Waals surface area contributed by atoms with Crippen molar-refractivity contribution in [1.29, 1.82) is 0 Å². The normalized spacial score (nSPS) is 16.5. The summed E-state index contributed by atoms with van der Waals surface area (Å²) in [4.78, 5) is 14.4. The highest BCUT2D eigenvalue weighted by atomic mass is 35.5. The number of rotatable bonds is 4. The molecular weight excluding hydrogens is 374 g/mol. The number of hydrogen-bond donors (Lipinski definition) is 0. The number of amides is 1. The lowest BCUT2D eigenvalue weighted by Crippen LogP contribution is -2.41. The first-order valence-corrected chi connectivity index (χ1v) is 10.3. The zero-order valence-electron chi connectivity index (χ0n) is 12.9. The molecule has 0 aliphatic carbocycles. The minimum absolute atomic E-state index is 0.0738. The summed E-state index contributed by atoms with van der Waals surface area (Å²) >= 11 is 7.03. The zero-order chi connectivity index (χ0) is 17.3. The van der Waals surface area contributed by atoms with Crippen LogP contribution in [0.15, 0.2) is 21.8 Å². The van der Waals surface area contributed by atoms with Crippen molar-refractivity contribution < 1.29 is 17.6 Å². The quantitative estimate of drug-likeness (QED) is 0.797. The van der Waals surface area contributed by atoms with E-state index in [0.717, 1.165) is 12.8 Å². The van der Waals surface area contributed by atoms with Crippen LogP contribution in [0.4, 0.5) is 0 Å². The molecular formula is C14H16ClN3O4S2. The molecule has 1 fully saturated rings. The lowest BCUT2D eigenvalue weighted by atomic mass is 9.99. The van der Waals surface area contributed by atoms with Gasteiger partial charge in [0.1, 0.15) is 5.75 Å². The summed E-state index contributed by atoms with van der Waals surface area (Å²) in [6.45, 7) is 3.28. The summed E-state index contributed by atoms with van der Waals surface area (Å²) in [6.07, 6.45) is 1.77. The number of piperidine rings is 1.